The molecule has 1 N–H and O–H groups in total. The number of nitrogens with one attached hydrogen (secondary N) is 1. The number of ether oxygens (including phenoxy) is 1. The third-order valence-corrected chi connectivity index (χ3v) is 2.86. The minimum atomic E-state index is 0.601. The topological polar surface area (TPSA) is 63.4 Å². The van der Waals surface area contributed by atoms with Gasteiger partial charge in [-0.05, 0) is 24.4 Å². The van der Waals surface area contributed by atoms with Gasteiger partial charge >= 0.3 is 0 Å². The van der Waals surface area contributed by atoms with Gasteiger partial charge in [0.1, 0.15) is 0 Å². The Kier molecular flexibility index (Phi) is 4.75. The highest BCUT2D eigenvalue weighted by molar-refractivity contribution is 5.27. The van der Waals surface area contributed by atoms with Crippen molar-refractivity contribution in [1.82, 2.24) is 15.5 Å². The lowest BCUT2D eigenvalue weighted by molar-refractivity contribution is 0.197. The third-order valence-electron chi connectivity index (χ3n) is 2.86. The molecule has 0 amide bonds. The molecular weight excluding hydrogens is 220 g/mol. The van der Waals surface area contributed by atoms with Crippen LogP contribution in [0, 0.1) is 0 Å². The molecule has 1 aliphatic rings. The SMILES string of the molecule is COCCNCc1nc(N2CCCCC2)no1. The Labute approximate surface area is 101 Å². The summed E-state index contributed by atoms with van der Waals surface area (Å²) >= 11 is 0. The van der Waals surface area contributed by atoms with Crippen LogP contribution >= 0.6 is 0 Å². The number of hydrogen-bond acceptors (Lipinski definition) is 6. The molecule has 6 heteroatoms. The molecule has 0 bridgehead atoms. The van der Waals surface area contributed by atoms with Crippen molar-refractivity contribution < 1.29 is 9.26 Å². The van der Waals surface area contributed by atoms with Gasteiger partial charge in [0.15, 0.2) is 0 Å². The predicted octanol–water partition coefficient (Wildman–Crippen LogP) is 0.796. The van der Waals surface area contributed by atoms with Crippen molar-refractivity contribution in [2.75, 3.05) is 38.3 Å². The standard InChI is InChI=1S/C11H20N4O2/c1-16-8-5-12-9-10-13-11(14-17-10)15-6-3-2-4-7-15/h12H,2-9H2,1H3. The van der Waals surface area contributed by atoms with Gasteiger partial charge in [-0.25, -0.2) is 0 Å². The lowest BCUT2D eigenvalue weighted by Crippen LogP contribution is -2.30. The van der Waals surface area contributed by atoms with E-state index in [4.69, 9.17) is 9.26 Å². The van der Waals surface area contributed by atoms with Gasteiger partial charge in [-0.2, -0.15) is 4.98 Å². The minimum absolute atomic E-state index is 0.601. The largest absolute Gasteiger partial charge is 0.383 e. The molecule has 1 aromatic rings. The molecule has 1 aromatic heterocycles. The van der Waals surface area contributed by atoms with Crippen molar-refractivity contribution >= 4 is 5.95 Å². The Bertz CT molecular complexity index is 323. The summed E-state index contributed by atoms with van der Waals surface area (Å²) in [4.78, 5) is 6.56. The van der Waals surface area contributed by atoms with Gasteiger partial charge in [0.05, 0.1) is 13.2 Å². The van der Waals surface area contributed by atoms with Gasteiger partial charge < -0.3 is 19.5 Å². The second-order valence-corrected chi connectivity index (χ2v) is 4.21. The van der Waals surface area contributed by atoms with Crippen molar-refractivity contribution in [3.05, 3.63) is 5.89 Å². The van der Waals surface area contributed by atoms with E-state index in [1.165, 1.54) is 19.3 Å². The van der Waals surface area contributed by atoms with Gasteiger partial charge in [0.2, 0.25) is 5.89 Å². The molecule has 0 radical (unpaired) electrons. The van der Waals surface area contributed by atoms with Crippen LogP contribution in [0.4, 0.5) is 5.95 Å². The fourth-order valence-electron chi connectivity index (χ4n) is 1.91. The van der Waals surface area contributed by atoms with E-state index in [0.29, 0.717) is 19.0 Å². The smallest absolute Gasteiger partial charge is 0.266 e. The first-order chi connectivity index (χ1) is 8.40. The highest BCUT2D eigenvalue weighted by Gasteiger charge is 2.16. The fourth-order valence-corrected chi connectivity index (χ4v) is 1.91. The lowest BCUT2D eigenvalue weighted by Gasteiger charge is -2.24. The lowest BCUT2D eigenvalue weighted by atomic mass is 10.1. The Balaban J connectivity index is 1.78. The summed E-state index contributed by atoms with van der Waals surface area (Å²) in [7, 11) is 1.68. The van der Waals surface area contributed by atoms with Crippen molar-refractivity contribution in [3.8, 4) is 0 Å². The Hall–Kier alpha value is -1.14. The van der Waals surface area contributed by atoms with E-state index in [-0.39, 0.29) is 0 Å². The second-order valence-electron chi connectivity index (χ2n) is 4.21. The molecule has 2 rings (SSSR count). The molecule has 0 aliphatic carbocycles. The molecule has 96 valence electrons. The minimum Gasteiger partial charge on any atom is -0.383 e. The molecule has 6 nitrogen and oxygen atoms in total. The zero-order valence-electron chi connectivity index (χ0n) is 10.3. The molecule has 1 fully saturated rings. The van der Waals surface area contributed by atoms with Crippen LogP contribution in [0.1, 0.15) is 25.2 Å². The van der Waals surface area contributed by atoms with Crippen molar-refractivity contribution in [2.45, 2.75) is 25.8 Å². The number of hydrogen-bond donors (Lipinski definition) is 1. The molecule has 0 aromatic carbocycles. The average Bonchev–Trinajstić information content (AvgIpc) is 2.85. The molecule has 0 atom stereocenters. The zero-order chi connectivity index (χ0) is 11.9. The highest BCUT2D eigenvalue weighted by Crippen LogP contribution is 2.15. The van der Waals surface area contributed by atoms with Crippen LogP contribution < -0.4 is 10.2 Å². The maximum atomic E-state index is 5.19. The Morgan fingerprint density at radius 3 is 2.94 bits per heavy atom. The first-order valence-corrected chi connectivity index (χ1v) is 6.17. The second kappa shape index (κ2) is 6.56. The normalized spacial score (nSPS) is 16.4. The number of piperidine rings is 1. The van der Waals surface area contributed by atoms with Crippen molar-refractivity contribution in [3.63, 3.8) is 0 Å². The third kappa shape index (κ3) is 3.67. The summed E-state index contributed by atoms with van der Waals surface area (Å²) in [5.41, 5.74) is 0. The monoisotopic (exact) mass is 240 g/mol. The molecule has 17 heavy (non-hydrogen) atoms. The zero-order valence-corrected chi connectivity index (χ0v) is 10.3. The molecular formula is C11H20N4O2. The molecule has 1 saturated heterocycles. The van der Waals surface area contributed by atoms with Crippen LogP contribution in [-0.4, -0.2) is 43.5 Å². The average molecular weight is 240 g/mol. The maximum Gasteiger partial charge on any atom is 0.266 e. The molecule has 0 saturated carbocycles. The Morgan fingerprint density at radius 2 is 2.18 bits per heavy atom. The summed E-state index contributed by atoms with van der Waals surface area (Å²) < 4.78 is 10.1. The summed E-state index contributed by atoms with van der Waals surface area (Å²) in [5.74, 6) is 1.37. The van der Waals surface area contributed by atoms with E-state index in [1.54, 1.807) is 7.11 Å². The van der Waals surface area contributed by atoms with Crippen molar-refractivity contribution in [1.29, 1.82) is 0 Å². The van der Waals surface area contributed by atoms with Crippen LogP contribution in [0.5, 0.6) is 0 Å². The number of methoxy groups -OCH3 is 1. The van der Waals surface area contributed by atoms with Crippen LogP contribution in [0.25, 0.3) is 0 Å². The number of nitrogens with zero attached hydrogens (tertiary/aromatic N) is 3. The summed E-state index contributed by atoms with van der Waals surface area (Å²) in [6.07, 6.45) is 3.74. The van der Waals surface area contributed by atoms with E-state index in [1.807, 2.05) is 0 Å². The van der Waals surface area contributed by atoms with Crippen LogP contribution in [-0.2, 0) is 11.3 Å². The van der Waals surface area contributed by atoms with Gasteiger partial charge in [0.25, 0.3) is 5.95 Å². The van der Waals surface area contributed by atoms with Crippen molar-refractivity contribution in [2.24, 2.45) is 0 Å². The van der Waals surface area contributed by atoms with Gasteiger partial charge in [-0.1, -0.05) is 0 Å². The number of rotatable bonds is 6. The molecule has 0 unspecified atom stereocenters. The van der Waals surface area contributed by atoms with Crippen LogP contribution in [0.2, 0.25) is 0 Å². The first kappa shape index (κ1) is 12.3. The first-order valence-electron chi connectivity index (χ1n) is 6.17. The Morgan fingerprint density at radius 1 is 1.35 bits per heavy atom. The van der Waals surface area contributed by atoms with E-state index in [2.05, 4.69) is 20.4 Å². The maximum absolute atomic E-state index is 5.19. The highest BCUT2D eigenvalue weighted by atomic mass is 16.5. The summed E-state index contributed by atoms with van der Waals surface area (Å²) in [5, 5.41) is 7.19. The molecule has 0 spiro atoms. The van der Waals surface area contributed by atoms with E-state index >= 15 is 0 Å². The number of aromatic nitrogens is 2. The molecule has 1 aliphatic heterocycles. The van der Waals surface area contributed by atoms with Gasteiger partial charge in [-0.15, -0.1) is 0 Å². The molecule has 2 heterocycles. The van der Waals surface area contributed by atoms with Gasteiger partial charge in [0, 0.05) is 26.7 Å². The predicted molar refractivity (Wildman–Crippen MR) is 63.9 cm³/mol. The van der Waals surface area contributed by atoms with E-state index in [0.717, 1.165) is 25.6 Å². The van der Waals surface area contributed by atoms with Crippen LogP contribution in [0.3, 0.4) is 0 Å². The quantitative estimate of drug-likeness (QED) is 0.742. The summed E-state index contributed by atoms with van der Waals surface area (Å²) in [6, 6.07) is 0. The van der Waals surface area contributed by atoms with E-state index in [9.17, 15) is 0 Å². The fraction of sp³-hybridized carbons (Fsp3) is 0.818. The van der Waals surface area contributed by atoms with Crippen LogP contribution in [0.15, 0.2) is 4.52 Å². The summed E-state index contributed by atoms with van der Waals surface area (Å²) in [6.45, 7) is 4.15. The van der Waals surface area contributed by atoms with Gasteiger partial charge in [-0.3, -0.25) is 0 Å². The number of anilines is 1. The van der Waals surface area contributed by atoms with E-state index < -0.39 is 0 Å².